The zero-order valence-electron chi connectivity index (χ0n) is 16.4. The molecule has 1 heterocycles. The van der Waals surface area contributed by atoms with Gasteiger partial charge in [-0.25, -0.2) is 9.79 Å². The molecule has 26 heavy (non-hydrogen) atoms. The van der Waals surface area contributed by atoms with Crippen molar-refractivity contribution < 1.29 is 0 Å². The van der Waals surface area contributed by atoms with Crippen molar-refractivity contribution in [2.24, 2.45) is 19.1 Å². The topological polar surface area (TPSA) is 39.3 Å². The van der Waals surface area contributed by atoms with E-state index in [1.807, 2.05) is 13.0 Å². The second kappa shape index (κ2) is 11.4. The SMILES string of the molecule is C/C=N\c1c(C)c(=S)n(C)c(=O)n1C.CCCC/C=C/c1ccccc1. The molecule has 0 spiro atoms. The van der Waals surface area contributed by atoms with Crippen LogP contribution in [0.2, 0.25) is 0 Å². The van der Waals surface area contributed by atoms with Crippen molar-refractivity contribution in [2.45, 2.75) is 40.0 Å². The van der Waals surface area contributed by atoms with Crippen LogP contribution in [0.5, 0.6) is 0 Å². The molecule has 0 amide bonds. The Hall–Kier alpha value is -2.27. The van der Waals surface area contributed by atoms with E-state index in [9.17, 15) is 4.79 Å². The average molecular weight is 372 g/mol. The molecular weight excluding hydrogens is 342 g/mol. The molecule has 140 valence electrons. The second-order valence-electron chi connectivity index (χ2n) is 6.00. The maximum Gasteiger partial charge on any atom is 0.330 e. The molecule has 0 saturated carbocycles. The summed E-state index contributed by atoms with van der Waals surface area (Å²) in [5.41, 5.74) is 2.00. The summed E-state index contributed by atoms with van der Waals surface area (Å²) in [6.07, 6.45) is 9.86. The Bertz CT molecular complexity index is 824. The maximum absolute atomic E-state index is 11.6. The number of benzene rings is 1. The summed E-state index contributed by atoms with van der Waals surface area (Å²) in [5, 5.41) is 0. The number of aliphatic imine (C=N–C) groups is 1. The van der Waals surface area contributed by atoms with E-state index < -0.39 is 0 Å². The molecule has 0 unspecified atom stereocenters. The van der Waals surface area contributed by atoms with E-state index in [0.717, 1.165) is 5.56 Å². The molecule has 0 aliphatic rings. The highest BCUT2D eigenvalue weighted by molar-refractivity contribution is 7.71. The Balaban J connectivity index is 0.000000263. The number of aromatic nitrogens is 2. The van der Waals surface area contributed by atoms with Crippen molar-refractivity contribution in [3.05, 3.63) is 62.7 Å². The molecule has 0 fully saturated rings. The molecule has 1 aromatic heterocycles. The van der Waals surface area contributed by atoms with Crippen LogP contribution in [0.3, 0.4) is 0 Å². The first-order chi connectivity index (χ1) is 12.4. The van der Waals surface area contributed by atoms with Gasteiger partial charge in [0.2, 0.25) is 0 Å². The summed E-state index contributed by atoms with van der Waals surface area (Å²) in [5.74, 6) is 0.626. The van der Waals surface area contributed by atoms with Crippen LogP contribution in [0.25, 0.3) is 6.08 Å². The van der Waals surface area contributed by atoms with Crippen molar-refractivity contribution in [2.75, 3.05) is 0 Å². The highest BCUT2D eigenvalue weighted by Gasteiger charge is 2.07. The predicted octanol–water partition coefficient (Wildman–Crippen LogP) is 5.37. The van der Waals surface area contributed by atoms with Gasteiger partial charge in [0.15, 0.2) is 0 Å². The van der Waals surface area contributed by atoms with E-state index in [4.69, 9.17) is 12.2 Å². The molecule has 5 heteroatoms. The summed E-state index contributed by atoms with van der Waals surface area (Å²) in [6, 6.07) is 10.4. The van der Waals surface area contributed by atoms with Gasteiger partial charge in [-0.2, -0.15) is 0 Å². The molecule has 0 atom stereocenters. The molecule has 0 aliphatic carbocycles. The lowest BCUT2D eigenvalue weighted by Crippen LogP contribution is -2.28. The fourth-order valence-electron chi connectivity index (χ4n) is 2.41. The number of unbranched alkanes of at least 4 members (excludes halogenated alkanes) is 2. The Kier molecular flexibility index (Phi) is 9.52. The van der Waals surface area contributed by atoms with Crippen LogP contribution in [0.1, 0.15) is 44.2 Å². The third-order valence-electron chi connectivity index (χ3n) is 3.94. The van der Waals surface area contributed by atoms with E-state index in [1.54, 1.807) is 27.2 Å². The van der Waals surface area contributed by atoms with Crippen LogP contribution in [0.4, 0.5) is 5.82 Å². The molecular formula is C21H29N3OS. The summed E-state index contributed by atoms with van der Waals surface area (Å²) in [6.45, 7) is 5.89. The van der Waals surface area contributed by atoms with Gasteiger partial charge in [-0.3, -0.25) is 9.13 Å². The Morgan fingerprint density at radius 1 is 1.15 bits per heavy atom. The van der Waals surface area contributed by atoms with Gasteiger partial charge < -0.3 is 0 Å². The minimum absolute atomic E-state index is 0.152. The van der Waals surface area contributed by atoms with E-state index >= 15 is 0 Å². The smallest absolute Gasteiger partial charge is 0.287 e. The summed E-state index contributed by atoms with van der Waals surface area (Å²) >= 11 is 5.12. The van der Waals surface area contributed by atoms with Gasteiger partial charge in [-0.15, -0.1) is 0 Å². The predicted molar refractivity (Wildman–Crippen MR) is 115 cm³/mol. The highest BCUT2D eigenvalue weighted by Crippen LogP contribution is 2.15. The van der Waals surface area contributed by atoms with Crippen LogP contribution in [0.15, 0.2) is 46.2 Å². The minimum atomic E-state index is -0.152. The molecule has 0 bridgehead atoms. The zero-order chi connectivity index (χ0) is 19.5. The van der Waals surface area contributed by atoms with Crippen LogP contribution in [-0.4, -0.2) is 15.3 Å². The lowest BCUT2D eigenvalue weighted by molar-refractivity contribution is 0.694. The quantitative estimate of drug-likeness (QED) is 0.402. The molecule has 1 aromatic carbocycles. The van der Waals surface area contributed by atoms with Crippen LogP contribution in [-0.2, 0) is 14.1 Å². The van der Waals surface area contributed by atoms with Gasteiger partial charge in [0.25, 0.3) is 0 Å². The lowest BCUT2D eigenvalue weighted by atomic mass is 10.2. The number of allylic oxidation sites excluding steroid dienone is 1. The highest BCUT2D eigenvalue weighted by atomic mass is 32.1. The van der Waals surface area contributed by atoms with Crippen molar-refractivity contribution in [3.63, 3.8) is 0 Å². The van der Waals surface area contributed by atoms with Gasteiger partial charge in [-0.05, 0) is 25.8 Å². The average Bonchev–Trinajstić information content (AvgIpc) is 2.67. The van der Waals surface area contributed by atoms with Crippen molar-refractivity contribution in [1.82, 2.24) is 9.13 Å². The molecule has 2 rings (SSSR count). The first-order valence-corrected chi connectivity index (χ1v) is 9.31. The van der Waals surface area contributed by atoms with Gasteiger partial charge >= 0.3 is 5.69 Å². The molecule has 4 nitrogen and oxygen atoms in total. The molecule has 0 radical (unpaired) electrons. The fraction of sp³-hybridized carbons (Fsp3) is 0.381. The maximum atomic E-state index is 11.6. The minimum Gasteiger partial charge on any atom is -0.287 e. The third-order valence-corrected chi connectivity index (χ3v) is 4.52. The molecule has 2 aromatic rings. The third kappa shape index (κ3) is 6.23. The normalized spacial score (nSPS) is 11.0. The second-order valence-corrected chi connectivity index (χ2v) is 6.38. The zero-order valence-corrected chi connectivity index (χ0v) is 17.2. The van der Waals surface area contributed by atoms with Gasteiger partial charge in [0.1, 0.15) is 10.5 Å². The number of hydrogen-bond acceptors (Lipinski definition) is 3. The van der Waals surface area contributed by atoms with Crippen molar-refractivity contribution in [1.29, 1.82) is 0 Å². The number of nitrogens with zero attached hydrogens (tertiary/aromatic N) is 3. The first kappa shape index (κ1) is 21.8. The van der Waals surface area contributed by atoms with Gasteiger partial charge in [-0.1, -0.05) is 74.5 Å². The Morgan fingerprint density at radius 2 is 1.81 bits per heavy atom. The van der Waals surface area contributed by atoms with E-state index in [1.165, 1.54) is 34.0 Å². The van der Waals surface area contributed by atoms with Crippen molar-refractivity contribution in [3.8, 4) is 0 Å². The molecule has 0 N–H and O–H groups in total. The summed E-state index contributed by atoms with van der Waals surface area (Å²) in [7, 11) is 3.35. The standard InChI is InChI=1S/C12H16.C9H13N3OS/c1-2-3-4-6-9-12-10-7-5-8-11-12;1-5-10-7-6(2)8(14)12(4)9(13)11(7)3/h5-11H,2-4H2,1H3;5H,1-4H3/b9-6+;10-5-. The Morgan fingerprint density at radius 3 is 2.38 bits per heavy atom. The van der Waals surface area contributed by atoms with Gasteiger partial charge in [0, 0.05) is 25.9 Å². The first-order valence-electron chi connectivity index (χ1n) is 8.90. The largest absolute Gasteiger partial charge is 0.330 e. The lowest BCUT2D eigenvalue weighted by Gasteiger charge is -2.09. The summed E-state index contributed by atoms with van der Waals surface area (Å²) < 4.78 is 3.47. The van der Waals surface area contributed by atoms with Gasteiger partial charge in [0.05, 0.1) is 0 Å². The van der Waals surface area contributed by atoms with Crippen LogP contribution < -0.4 is 5.69 Å². The monoisotopic (exact) mass is 371 g/mol. The van der Waals surface area contributed by atoms with Crippen LogP contribution >= 0.6 is 12.2 Å². The van der Waals surface area contributed by atoms with Crippen LogP contribution in [0, 0.1) is 11.6 Å². The Labute approximate surface area is 161 Å². The van der Waals surface area contributed by atoms with E-state index in [0.29, 0.717) is 10.5 Å². The molecule has 0 aliphatic heterocycles. The summed E-state index contributed by atoms with van der Waals surface area (Å²) in [4.78, 5) is 15.7. The fourth-order valence-corrected chi connectivity index (χ4v) is 2.58. The molecule has 0 saturated heterocycles. The number of rotatable bonds is 5. The van der Waals surface area contributed by atoms with Crippen molar-refractivity contribution >= 4 is 30.3 Å². The van der Waals surface area contributed by atoms with E-state index in [2.05, 4.69) is 48.3 Å². The van der Waals surface area contributed by atoms with E-state index in [-0.39, 0.29) is 5.69 Å². The number of hydrogen-bond donors (Lipinski definition) is 0.